The van der Waals surface area contributed by atoms with Gasteiger partial charge in [0, 0.05) is 13.0 Å². The Balaban J connectivity index is 2.09. The molecule has 0 aromatic heterocycles. The Morgan fingerprint density at radius 1 is 1.42 bits per heavy atom. The molecular formula is C6H13NO4S. The molecule has 0 saturated carbocycles. The standard InChI is InChI=1S/C6H13NO4S/c1-12(8,9)7-3-2-6-10-4-5-11-6/h6-7H,2-5H2,1H3. The minimum absolute atomic E-state index is 0.237. The van der Waals surface area contributed by atoms with E-state index in [1.165, 1.54) is 0 Å². The molecule has 1 fully saturated rings. The van der Waals surface area contributed by atoms with Gasteiger partial charge >= 0.3 is 0 Å². The van der Waals surface area contributed by atoms with Crippen LogP contribution in [0.4, 0.5) is 0 Å². The first-order valence-electron chi connectivity index (χ1n) is 3.76. The van der Waals surface area contributed by atoms with E-state index in [0.717, 1.165) is 6.26 Å². The number of nitrogens with one attached hydrogen (secondary N) is 1. The van der Waals surface area contributed by atoms with Crippen molar-refractivity contribution < 1.29 is 17.9 Å². The van der Waals surface area contributed by atoms with E-state index in [1.807, 2.05) is 0 Å². The highest BCUT2D eigenvalue weighted by molar-refractivity contribution is 7.88. The molecule has 0 radical (unpaired) electrons. The second-order valence-corrected chi connectivity index (χ2v) is 4.46. The van der Waals surface area contributed by atoms with Gasteiger partial charge < -0.3 is 9.47 Å². The first-order valence-corrected chi connectivity index (χ1v) is 5.65. The van der Waals surface area contributed by atoms with Gasteiger partial charge in [-0.2, -0.15) is 0 Å². The summed E-state index contributed by atoms with van der Waals surface area (Å²) in [7, 11) is -3.08. The number of hydrogen-bond acceptors (Lipinski definition) is 4. The van der Waals surface area contributed by atoms with Crippen LogP contribution in [0.15, 0.2) is 0 Å². The van der Waals surface area contributed by atoms with Crippen molar-refractivity contribution in [1.82, 2.24) is 4.72 Å². The quantitative estimate of drug-likeness (QED) is 0.644. The number of sulfonamides is 1. The van der Waals surface area contributed by atoms with Gasteiger partial charge in [0.15, 0.2) is 6.29 Å². The van der Waals surface area contributed by atoms with E-state index in [4.69, 9.17) is 9.47 Å². The average molecular weight is 195 g/mol. The molecule has 1 saturated heterocycles. The van der Waals surface area contributed by atoms with Gasteiger partial charge in [0.05, 0.1) is 19.5 Å². The van der Waals surface area contributed by atoms with Crippen LogP contribution in [-0.2, 0) is 19.5 Å². The molecular weight excluding hydrogens is 182 g/mol. The van der Waals surface area contributed by atoms with Gasteiger partial charge in [0.1, 0.15) is 0 Å². The smallest absolute Gasteiger partial charge is 0.208 e. The first-order chi connectivity index (χ1) is 5.58. The molecule has 1 heterocycles. The van der Waals surface area contributed by atoms with Crippen molar-refractivity contribution >= 4 is 10.0 Å². The lowest BCUT2D eigenvalue weighted by Crippen LogP contribution is -2.26. The third-order valence-corrected chi connectivity index (χ3v) is 2.16. The first kappa shape index (κ1) is 9.91. The summed E-state index contributed by atoms with van der Waals surface area (Å²) in [6.07, 6.45) is 1.45. The van der Waals surface area contributed by atoms with E-state index in [2.05, 4.69) is 4.72 Å². The molecule has 5 nitrogen and oxygen atoms in total. The van der Waals surface area contributed by atoms with Gasteiger partial charge in [-0.05, 0) is 0 Å². The monoisotopic (exact) mass is 195 g/mol. The fourth-order valence-electron chi connectivity index (χ4n) is 0.936. The van der Waals surface area contributed by atoms with Crippen LogP contribution < -0.4 is 4.72 Å². The highest BCUT2D eigenvalue weighted by Gasteiger charge is 2.15. The lowest BCUT2D eigenvalue weighted by Gasteiger charge is -2.07. The largest absolute Gasteiger partial charge is 0.350 e. The molecule has 0 amide bonds. The summed E-state index contributed by atoms with van der Waals surface area (Å²) in [5, 5.41) is 0. The van der Waals surface area contributed by atoms with E-state index in [0.29, 0.717) is 26.2 Å². The van der Waals surface area contributed by atoms with Gasteiger partial charge in [-0.25, -0.2) is 13.1 Å². The average Bonchev–Trinajstić information content (AvgIpc) is 2.36. The zero-order valence-electron chi connectivity index (χ0n) is 6.95. The molecule has 1 aliphatic heterocycles. The Morgan fingerprint density at radius 3 is 2.50 bits per heavy atom. The van der Waals surface area contributed by atoms with Gasteiger partial charge in [0.2, 0.25) is 10.0 Å². The molecule has 0 unspecified atom stereocenters. The van der Waals surface area contributed by atoms with Crippen LogP contribution in [0.1, 0.15) is 6.42 Å². The van der Waals surface area contributed by atoms with Crippen molar-refractivity contribution in [3.63, 3.8) is 0 Å². The number of rotatable bonds is 4. The van der Waals surface area contributed by atoms with Crippen LogP contribution in [0.2, 0.25) is 0 Å². The number of hydrogen-bond donors (Lipinski definition) is 1. The van der Waals surface area contributed by atoms with Crippen molar-refractivity contribution in [2.24, 2.45) is 0 Å². The molecule has 72 valence electrons. The molecule has 6 heteroatoms. The van der Waals surface area contributed by atoms with Gasteiger partial charge in [-0.1, -0.05) is 0 Å². The van der Waals surface area contributed by atoms with Crippen LogP contribution >= 0.6 is 0 Å². The minimum atomic E-state index is -3.08. The lowest BCUT2D eigenvalue weighted by molar-refractivity contribution is -0.0451. The molecule has 0 atom stereocenters. The van der Waals surface area contributed by atoms with Crippen molar-refractivity contribution in [2.75, 3.05) is 26.0 Å². The molecule has 1 aliphatic rings. The van der Waals surface area contributed by atoms with E-state index < -0.39 is 10.0 Å². The molecule has 0 aliphatic carbocycles. The molecule has 0 aromatic carbocycles. The third kappa shape index (κ3) is 4.01. The van der Waals surface area contributed by atoms with E-state index in [9.17, 15) is 8.42 Å². The van der Waals surface area contributed by atoms with Gasteiger partial charge in [-0.3, -0.25) is 0 Å². The fraction of sp³-hybridized carbons (Fsp3) is 1.00. The Morgan fingerprint density at radius 2 is 2.00 bits per heavy atom. The topological polar surface area (TPSA) is 64.6 Å². The van der Waals surface area contributed by atoms with Crippen molar-refractivity contribution in [2.45, 2.75) is 12.7 Å². The Bertz CT molecular complexity index is 220. The van der Waals surface area contributed by atoms with E-state index >= 15 is 0 Å². The maximum atomic E-state index is 10.6. The second-order valence-electron chi connectivity index (χ2n) is 2.63. The second kappa shape index (κ2) is 4.18. The predicted molar refractivity (Wildman–Crippen MR) is 43.2 cm³/mol. The van der Waals surface area contributed by atoms with Crippen LogP contribution in [0, 0.1) is 0 Å². The predicted octanol–water partition coefficient (Wildman–Crippen LogP) is -0.701. The maximum absolute atomic E-state index is 10.6. The molecule has 1 rings (SSSR count). The van der Waals surface area contributed by atoms with Gasteiger partial charge in [0.25, 0.3) is 0 Å². The molecule has 0 spiro atoms. The normalized spacial score (nSPS) is 20.1. The van der Waals surface area contributed by atoms with Crippen molar-refractivity contribution in [1.29, 1.82) is 0 Å². The van der Waals surface area contributed by atoms with E-state index in [-0.39, 0.29) is 6.29 Å². The summed E-state index contributed by atoms with van der Waals surface area (Å²) in [6.45, 7) is 1.57. The highest BCUT2D eigenvalue weighted by Crippen LogP contribution is 2.06. The molecule has 0 aromatic rings. The number of ether oxygens (including phenoxy) is 2. The van der Waals surface area contributed by atoms with Crippen LogP contribution in [0.3, 0.4) is 0 Å². The fourth-order valence-corrected chi connectivity index (χ4v) is 1.42. The summed E-state index contributed by atoms with van der Waals surface area (Å²) in [5.74, 6) is 0. The molecule has 0 bridgehead atoms. The minimum Gasteiger partial charge on any atom is -0.350 e. The summed E-state index contributed by atoms with van der Waals surface area (Å²) in [6, 6.07) is 0. The van der Waals surface area contributed by atoms with Crippen LogP contribution in [0.25, 0.3) is 0 Å². The third-order valence-electron chi connectivity index (χ3n) is 1.44. The van der Waals surface area contributed by atoms with Crippen LogP contribution in [0.5, 0.6) is 0 Å². The van der Waals surface area contributed by atoms with Crippen molar-refractivity contribution in [3.05, 3.63) is 0 Å². The van der Waals surface area contributed by atoms with Gasteiger partial charge in [-0.15, -0.1) is 0 Å². The van der Waals surface area contributed by atoms with E-state index in [1.54, 1.807) is 0 Å². The maximum Gasteiger partial charge on any atom is 0.208 e. The van der Waals surface area contributed by atoms with Crippen molar-refractivity contribution in [3.8, 4) is 0 Å². The molecule has 12 heavy (non-hydrogen) atoms. The zero-order chi connectivity index (χ0) is 9.03. The summed E-state index contributed by atoms with van der Waals surface area (Å²) >= 11 is 0. The Hall–Kier alpha value is -0.170. The summed E-state index contributed by atoms with van der Waals surface area (Å²) < 4.78 is 33.8. The zero-order valence-corrected chi connectivity index (χ0v) is 7.76. The summed E-state index contributed by atoms with van der Waals surface area (Å²) in [5.41, 5.74) is 0. The SMILES string of the molecule is CS(=O)(=O)NCCC1OCCO1. The Kier molecular flexibility index (Phi) is 3.45. The Labute approximate surface area is 72.1 Å². The highest BCUT2D eigenvalue weighted by atomic mass is 32.2. The molecule has 1 N–H and O–H groups in total. The summed E-state index contributed by atoms with van der Waals surface area (Å²) in [4.78, 5) is 0. The lowest BCUT2D eigenvalue weighted by atomic mass is 10.4. The van der Waals surface area contributed by atoms with Crippen LogP contribution in [-0.4, -0.2) is 40.7 Å².